The summed E-state index contributed by atoms with van der Waals surface area (Å²) < 4.78 is 2.19. The Morgan fingerprint density at radius 1 is 1.20 bits per heavy atom. The summed E-state index contributed by atoms with van der Waals surface area (Å²) in [5.74, 6) is 3.25. The van der Waals surface area contributed by atoms with Crippen LogP contribution in [0.25, 0.3) is 11.2 Å². The number of aromatic amines is 1. The number of rotatable bonds is 5. The van der Waals surface area contributed by atoms with Crippen LogP contribution in [0.1, 0.15) is 51.3 Å². The molecule has 3 atom stereocenters. The Morgan fingerprint density at radius 2 is 1.97 bits per heavy atom. The molecule has 0 radical (unpaired) electrons. The van der Waals surface area contributed by atoms with Crippen LogP contribution in [-0.2, 0) is 12.0 Å². The first-order valence-electron chi connectivity index (χ1n) is 11.3. The minimum absolute atomic E-state index is 0.0552. The van der Waals surface area contributed by atoms with Crippen molar-refractivity contribution in [2.75, 3.05) is 5.32 Å². The highest BCUT2D eigenvalue weighted by molar-refractivity contribution is 5.70. The van der Waals surface area contributed by atoms with Gasteiger partial charge in [-0.05, 0) is 68.4 Å². The van der Waals surface area contributed by atoms with Crippen molar-refractivity contribution >= 4 is 16.9 Å². The van der Waals surface area contributed by atoms with Crippen molar-refractivity contribution in [1.82, 2.24) is 24.5 Å². The average Bonchev–Trinajstić information content (AvgIpc) is 3.12. The second-order valence-electron chi connectivity index (χ2n) is 9.61. The molecule has 0 amide bonds. The molecule has 3 heterocycles. The normalized spacial score (nSPS) is 32.0. The molecule has 4 bridgehead atoms. The molecule has 3 aromatic heterocycles. The first-order chi connectivity index (χ1) is 14.7. The Bertz CT molecular complexity index is 1120. The summed E-state index contributed by atoms with van der Waals surface area (Å²) in [5, 5.41) is 3.89. The fourth-order valence-electron chi connectivity index (χ4n) is 7.04. The van der Waals surface area contributed by atoms with Gasteiger partial charge >= 0.3 is 0 Å². The van der Waals surface area contributed by atoms with E-state index in [0.717, 1.165) is 49.2 Å². The van der Waals surface area contributed by atoms with Crippen LogP contribution in [0.3, 0.4) is 0 Å². The Morgan fingerprint density at radius 3 is 2.70 bits per heavy atom. The molecule has 4 aliphatic rings. The fraction of sp³-hybridized carbons (Fsp3) is 0.565. The molecule has 0 aromatic carbocycles. The van der Waals surface area contributed by atoms with Gasteiger partial charge in [-0.3, -0.25) is 9.78 Å². The van der Waals surface area contributed by atoms with Crippen LogP contribution in [-0.4, -0.2) is 30.5 Å². The standard InChI is InChI=1S/C23H28N6O/c1-2-7-29-18-20(25-13-26-21(18)30)28-22(29)23-11-14-8-15(12-23)10-16(9-14)19(23)27-17-3-5-24-6-4-17/h3-6,13-16,19H,2,7-12H2,1H3,(H,24,27)(H,25,26,30). The molecule has 30 heavy (non-hydrogen) atoms. The zero-order valence-corrected chi connectivity index (χ0v) is 17.3. The maximum absolute atomic E-state index is 12.7. The van der Waals surface area contributed by atoms with Gasteiger partial charge in [0.25, 0.3) is 5.56 Å². The first kappa shape index (κ1) is 18.1. The van der Waals surface area contributed by atoms with Gasteiger partial charge in [0.15, 0.2) is 11.2 Å². The summed E-state index contributed by atoms with van der Waals surface area (Å²) in [6.45, 7) is 2.96. The number of aryl methyl sites for hydroxylation is 1. The molecule has 4 fully saturated rings. The molecule has 7 heteroatoms. The maximum atomic E-state index is 12.7. The zero-order chi connectivity index (χ0) is 20.3. The Labute approximate surface area is 175 Å². The number of pyridine rings is 1. The summed E-state index contributed by atoms with van der Waals surface area (Å²) in [5.41, 5.74) is 2.19. The van der Waals surface area contributed by atoms with E-state index in [9.17, 15) is 4.79 Å². The quantitative estimate of drug-likeness (QED) is 0.680. The molecule has 0 aliphatic heterocycles. The van der Waals surface area contributed by atoms with Crippen LogP contribution in [0, 0.1) is 17.8 Å². The van der Waals surface area contributed by atoms with Crippen LogP contribution in [0.2, 0.25) is 0 Å². The highest BCUT2D eigenvalue weighted by Gasteiger charge is 2.59. The lowest BCUT2D eigenvalue weighted by Crippen LogP contribution is -2.62. The van der Waals surface area contributed by atoms with Crippen molar-refractivity contribution in [3.05, 3.63) is 47.0 Å². The number of imidazole rings is 1. The maximum Gasteiger partial charge on any atom is 0.276 e. The Hall–Kier alpha value is -2.70. The number of anilines is 1. The van der Waals surface area contributed by atoms with Gasteiger partial charge in [0, 0.05) is 36.1 Å². The minimum Gasteiger partial charge on any atom is -0.381 e. The average molecular weight is 405 g/mol. The van der Waals surface area contributed by atoms with Crippen molar-refractivity contribution in [3.8, 4) is 0 Å². The van der Waals surface area contributed by atoms with Crippen LogP contribution < -0.4 is 10.9 Å². The largest absolute Gasteiger partial charge is 0.381 e. The number of aromatic nitrogens is 5. The second kappa shape index (κ2) is 6.65. The van der Waals surface area contributed by atoms with E-state index in [1.54, 1.807) is 0 Å². The zero-order valence-electron chi connectivity index (χ0n) is 17.3. The summed E-state index contributed by atoms with van der Waals surface area (Å²) in [6.07, 6.45) is 12.4. The van der Waals surface area contributed by atoms with Crippen molar-refractivity contribution < 1.29 is 0 Å². The lowest BCUT2D eigenvalue weighted by atomic mass is 9.47. The van der Waals surface area contributed by atoms with Crippen LogP contribution in [0.15, 0.2) is 35.6 Å². The molecular weight excluding hydrogens is 376 g/mol. The van der Waals surface area contributed by atoms with Gasteiger partial charge in [-0.2, -0.15) is 0 Å². The molecule has 156 valence electrons. The van der Waals surface area contributed by atoms with Gasteiger partial charge < -0.3 is 14.9 Å². The number of hydrogen-bond donors (Lipinski definition) is 2. The van der Waals surface area contributed by atoms with E-state index in [0.29, 0.717) is 23.1 Å². The van der Waals surface area contributed by atoms with E-state index in [4.69, 9.17) is 4.98 Å². The van der Waals surface area contributed by atoms with E-state index in [1.807, 2.05) is 12.4 Å². The number of nitrogens with zero attached hydrogens (tertiary/aromatic N) is 4. The minimum atomic E-state index is -0.0874. The predicted octanol–water partition coefficient (Wildman–Crippen LogP) is 3.48. The highest BCUT2D eigenvalue weighted by Crippen LogP contribution is 2.61. The van der Waals surface area contributed by atoms with Gasteiger partial charge in [0.05, 0.1) is 6.33 Å². The summed E-state index contributed by atoms with van der Waals surface area (Å²) >= 11 is 0. The summed E-state index contributed by atoms with van der Waals surface area (Å²) in [4.78, 5) is 29.1. The van der Waals surface area contributed by atoms with Crippen molar-refractivity contribution in [1.29, 1.82) is 0 Å². The van der Waals surface area contributed by atoms with Gasteiger partial charge in [-0.25, -0.2) is 9.97 Å². The third-order valence-corrected chi connectivity index (χ3v) is 7.75. The summed E-state index contributed by atoms with van der Waals surface area (Å²) in [6, 6.07) is 4.43. The smallest absolute Gasteiger partial charge is 0.276 e. The van der Waals surface area contributed by atoms with Gasteiger partial charge in [-0.1, -0.05) is 6.92 Å². The van der Waals surface area contributed by atoms with Gasteiger partial charge in [0.2, 0.25) is 0 Å². The van der Waals surface area contributed by atoms with Gasteiger partial charge in [0.1, 0.15) is 5.82 Å². The third-order valence-electron chi connectivity index (χ3n) is 7.75. The molecular formula is C23H28N6O. The number of nitrogens with one attached hydrogen (secondary N) is 2. The monoisotopic (exact) mass is 404 g/mol. The number of hydrogen-bond acceptors (Lipinski definition) is 5. The van der Waals surface area contributed by atoms with Crippen LogP contribution in [0.5, 0.6) is 0 Å². The fourth-order valence-corrected chi connectivity index (χ4v) is 7.04. The molecule has 3 unspecified atom stereocenters. The molecule has 0 spiro atoms. The van der Waals surface area contributed by atoms with Crippen LogP contribution in [0.4, 0.5) is 5.69 Å². The van der Waals surface area contributed by atoms with Crippen molar-refractivity contribution in [3.63, 3.8) is 0 Å². The van der Waals surface area contributed by atoms with E-state index in [2.05, 4.69) is 43.9 Å². The molecule has 3 aromatic rings. The van der Waals surface area contributed by atoms with Crippen molar-refractivity contribution in [2.45, 2.75) is 63.5 Å². The first-order valence-corrected chi connectivity index (χ1v) is 11.3. The molecule has 4 aliphatic carbocycles. The Balaban J connectivity index is 1.54. The molecule has 7 rings (SSSR count). The second-order valence-corrected chi connectivity index (χ2v) is 9.61. The molecule has 2 N–H and O–H groups in total. The van der Waals surface area contributed by atoms with Gasteiger partial charge in [-0.15, -0.1) is 0 Å². The van der Waals surface area contributed by atoms with E-state index in [-0.39, 0.29) is 11.0 Å². The summed E-state index contributed by atoms with van der Waals surface area (Å²) in [7, 11) is 0. The number of fused-ring (bicyclic) bond motifs is 1. The van der Waals surface area contributed by atoms with E-state index >= 15 is 0 Å². The molecule has 0 saturated heterocycles. The van der Waals surface area contributed by atoms with E-state index < -0.39 is 0 Å². The number of H-pyrrole nitrogens is 1. The highest BCUT2D eigenvalue weighted by atomic mass is 16.1. The lowest BCUT2D eigenvalue weighted by molar-refractivity contribution is -0.0229. The van der Waals surface area contributed by atoms with Crippen LogP contribution >= 0.6 is 0 Å². The predicted molar refractivity (Wildman–Crippen MR) is 115 cm³/mol. The SMILES string of the molecule is CCCn1c(C23CC4CC(CC(C4)C2Nc2ccncc2)C3)nc2nc[nH]c(=O)c21. The third kappa shape index (κ3) is 2.57. The van der Waals surface area contributed by atoms with E-state index in [1.165, 1.54) is 25.6 Å². The molecule has 7 nitrogen and oxygen atoms in total. The Kier molecular flexibility index (Phi) is 4.01. The lowest BCUT2D eigenvalue weighted by Gasteiger charge is -2.61. The topological polar surface area (TPSA) is 88.5 Å². The van der Waals surface area contributed by atoms with Crippen molar-refractivity contribution in [2.24, 2.45) is 17.8 Å². The molecule has 4 saturated carbocycles.